The summed E-state index contributed by atoms with van der Waals surface area (Å²) < 4.78 is 5.49. The second-order valence-corrected chi connectivity index (χ2v) is 8.74. The summed E-state index contributed by atoms with van der Waals surface area (Å²) in [6.07, 6.45) is 1.00. The lowest BCUT2D eigenvalue weighted by molar-refractivity contribution is -0.384. The van der Waals surface area contributed by atoms with Crippen molar-refractivity contribution in [3.05, 3.63) is 84.5 Å². The van der Waals surface area contributed by atoms with Gasteiger partial charge in [-0.05, 0) is 34.9 Å². The summed E-state index contributed by atoms with van der Waals surface area (Å²) in [5.74, 6) is 0.872. The summed E-state index contributed by atoms with van der Waals surface area (Å²) in [7, 11) is 0. The molecule has 0 saturated carbocycles. The predicted octanol–water partition coefficient (Wildman–Crippen LogP) is 4.92. The van der Waals surface area contributed by atoms with Gasteiger partial charge in [0.15, 0.2) is 0 Å². The molecule has 1 aliphatic rings. The van der Waals surface area contributed by atoms with Crippen molar-refractivity contribution in [2.24, 2.45) is 0 Å². The lowest BCUT2D eigenvalue weighted by atomic mass is 9.98. The van der Waals surface area contributed by atoms with Crippen molar-refractivity contribution < 1.29 is 9.45 Å². The molecule has 1 aromatic carbocycles. The standard InChI is InChI=1S/C20H16N4O3S2/c25-24(26)14-4-1-3-13(11-14)20-21-18(27-22-20)12-23-8-6-16-15(7-10-29-16)19(23)17-5-2-9-28-17/h1-5,7,9-11,19H,6,8,12H2. The number of nitro groups is 1. The van der Waals surface area contributed by atoms with Crippen molar-refractivity contribution in [2.45, 2.75) is 19.0 Å². The van der Waals surface area contributed by atoms with Gasteiger partial charge in [0.2, 0.25) is 11.7 Å². The minimum Gasteiger partial charge on any atom is -0.338 e. The van der Waals surface area contributed by atoms with Crippen LogP contribution in [0.5, 0.6) is 0 Å². The minimum atomic E-state index is -0.428. The van der Waals surface area contributed by atoms with Crippen LogP contribution >= 0.6 is 22.7 Å². The summed E-state index contributed by atoms with van der Waals surface area (Å²) in [5, 5.41) is 19.3. The molecule has 1 unspecified atom stereocenters. The van der Waals surface area contributed by atoms with E-state index in [0.717, 1.165) is 13.0 Å². The van der Waals surface area contributed by atoms with Crippen LogP contribution in [0.15, 0.2) is 57.7 Å². The van der Waals surface area contributed by atoms with E-state index in [9.17, 15) is 10.1 Å². The van der Waals surface area contributed by atoms with Gasteiger partial charge in [-0.25, -0.2) is 0 Å². The lowest BCUT2D eigenvalue weighted by Crippen LogP contribution is -2.34. The van der Waals surface area contributed by atoms with E-state index in [0.29, 0.717) is 23.8 Å². The van der Waals surface area contributed by atoms with Gasteiger partial charge in [-0.3, -0.25) is 15.0 Å². The molecule has 5 rings (SSSR count). The van der Waals surface area contributed by atoms with E-state index in [1.165, 1.54) is 27.5 Å². The molecule has 7 nitrogen and oxygen atoms in total. The van der Waals surface area contributed by atoms with Crippen LogP contribution in [0.3, 0.4) is 0 Å². The zero-order valence-electron chi connectivity index (χ0n) is 15.2. The Morgan fingerprint density at radius 1 is 1.21 bits per heavy atom. The fraction of sp³-hybridized carbons (Fsp3) is 0.200. The molecule has 4 aromatic rings. The van der Waals surface area contributed by atoms with E-state index < -0.39 is 4.92 Å². The molecule has 0 spiro atoms. The zero-order chi connectivity index (χ0) is 19.8. The number of nitro benzene ring substituents is 1. The van der Waals surface area contributed by atoms with Crippen molar-refractivity contribution in [1.29, 1.82) is 0 Å². The molecular formula is C20H16N4O3S2. The largest absolute Gasteiger partial charge is 0.338 e. The number of nitrogens with zero attached hydrogens (tertiary/aromatic N) is 4. The fourth-order valence-corrected chi connectivity index (χ4v) is 5.47. The summed E-state index contributed by atoms with van der Waals surface area (Å²) in [6.45, 7) is 1.43. The Morgan fingerprint density at radius 3 is 2.97 bits per heavy atom. The molecule has 1 aliphatic heterocycles. The number of fused-ring (bicyclic) bond motifs is 1. The van der Waals surface area contributed by atoms with Gasteiger partial charge in [-0.1, -0.05) is 23.4 Å². The maximum atomic E-state index is 11.0. The lowest BCUT2D eigenvalue weighted by Gasteiger charge is -2.34. The summed E-state index contributed by atoms with van der Waals surface area (Å²) >= 11 is 3.56. The first kappa shape index (κ1) is 18.2. The second-order valence-electron chi connectivity index (χ2n) is 6.76. The highest BCUT2D eigenvalue weighted by molar-refractivity contribution is 7.10. The highest BCUT2D eigenvalue weighted by atomic mass is 32.1. The van der Waals surface area contributed by atoms with E-state index in [1.807, 2.05) is 11.3 Å². The third-order valence-corrected chi connectivity index (χ3v) is 6.92. The van der Waals surface area contributed by atoms with Crippen LogP contribution < -0.4 is 0 Å². The summed E-state index contributed by atoms with van der Waals surface area (Å²) in [5.41, 5.74) is 1.93. The van der Waals surface area contributed by atoms with Crippen LogP contribution in [0, 0.1) is 10.1 Å². The van der Waals surface area contributed by atoms with Gasteiger partial charge in [0, 0.05) is 34.0 Å². The fourth-order valence-electron chi connectivity index (χ4n) is 3.69. The van der Waals surface area contributed by atoms with Crippen molar-refractivity contribution in [3.8, 4) is 11.4 Å². The van der Waals surface area contributed by atoms with Crippen molar-refractivity contribution in [3.63, 3.8) is 0 Å². The summed E-state index contributed by atoms with van der Waals surface area (Å²) in [6, 6.07) is 12.9. The molecule has 0 fully saturated rings. The SMILES string of the molecule is O=[N+]([O-])c1cccc(-c2noc(CN3CCc4sccc4C3c3cccs3)n2)c1. The highest BCUT2D eigenvalue weighted by Crippen LogP contribution is 2.40. The quantitative estimate of drug-likeness (QED) is 0.334. The molecule has 0 bridgehead atoms. The first-order chi connectivity index (χ1) is 14.2. The predicted molar refractivity (Wildman–Crippen MR) is 111 cm³/mol. The topological polar surface area (TPSA) is 85.3 Å². The van der Waals surface area contributed by atoms with Gasteiger partial charge in [0.1, 0.15) is 0 Å². The van der Waals surface area contributed by atoms with Gasteiger partial charge in [-0.2, -0.15) is 4.98 Å². The molecule has 9 heteroatoms. The minimum absolute atomic E-state index is 0.00706. The average molecular weight is 425 g/mol. The number of rotatable bonds is 5. The van der Waals surface area contributed by atoms with E-state index in [2.05, 4.69) is 44.0 Å². The van der Waals surface area contributed by atoms with E-state index in [4.69, 9.17) is 4.52 Å². The van der Waals surface area contributed by atoms with Crippen LogP contribution in [0.2, 0.25) is 0 Å². The van der Waals surface area contributed by atoms with Crippen LogP contribution in [0.4, 0.5) is 5.69 Å². The molecule has 0 radical (unpaired) electrons. The molecule has 1 atom stereocenters. The first-order valence-electron chi connectivity index (χ1n) is 9.10. The molecule has 0 N–H and O–H groups in total. The van der Waals surface area contributed by atoms with Gasteiger partial charge in [-0.15, -0.1) is 22.7 Å². The van der Waals surface area contributed by atoms with Crippen molar-refractivity contribution in [2.75, 3.05) is 6.54 Å². The maximum absolute atomic E-state index is 11.0. The molecule has 29 heavy (non-hydrogen) atoms. The van der Waals surface area contributed by atoms with Crippen molar-refractivity contribution in [1.82, 2.24) is 15.0 Å². The number of hydrogen-bond donors (Lipinski definition) is 0. The Labute approximate surface area is 174 Å². The van der Waals surface area contributed by atoms with Gasteiger partial charge in [0.05, 0.1) is 17.5 Å². The van der Waals surface area contributed by atoms with Crippen molar-refractivity contribution >= 4 is 28.4 Å². The molecule has 3 aromatic heterocycles. The maximum Gasteiger partial charge on any atom is 0.270 e. The second kappa shape index (κ2) is 7.51. The molecule has 146 valence electrons. The van der Waals surface area contributed by atoms with Gasteiger partial charge >= 0.3 is 0 Å². The molecule has 0 amide bonds. The number of hydrogen-bond acceptors (Lipinski definition) is 8. The normalized spacial score (nSPS) is 16.6. The Bertz CT molecular complexity index is 1150. The van der Waals surface area contributed by atoms with Crippen LogP contribution in [0.1, 0.15) is 27.3 Å². The van der Waals surface area contributed by atoms with Crippen LogP contribution in [0.25, 0.3) is 11.4 Å². The Hall–Kier alpha value is -2.88. The monoisotopic (exact) mass is 424 g/mol. The Kier molecular flexibility index (Phi) is 4.70. The molecular weight excluding hydrogens is 408 g/mol. The third kappa shape index (κ3) is 3.48. The average Bonchev–Trinajstić information content (AvgIpc) is 3.49. The molecule has 0 saturated heterocycles. The third-order valence-electron chi connectivity index (χ3n) is 5.00. The number of thiophene rings is 2. The molecule has 4 heterocycles. The summed E-state index contributed by atoms with van der Waals surface area (Å²) in [4.78, 5) is 20.2. The number of benzene rings is 1. The van der Waals surface area contributed by atoms with E-state index in [1.54, 1.807) is 23.5 Å². The van der Waals surface area contributed by atoms with Crippen LogP contribution in [-0.4, -0.2) is 26.5 Å². The smallest absolute Gasteiger partial charge is 0.270 e. The van der Waals surface area contributed by atoms with E-state index >= 15 is 0 Å². The first-order valence-corrected chi connectivity index (χ1v) is 10.9. The Balaban J connectivity index is 1.42. The number of aromatic nitrogens is 2. The van der Waals surface area contributed by atoms with E-state index in [-0.39, 0.29) is 11.7 Å². The Morgan fingerprint density at radius 2 is 2.14 bits per heavy atom. The molecule has 0 aliphatic carbocycles. The number of non-ortho nitro benzene ring substituents is 1. The zero-order valence-corrected chi connectivity index (χ0v) is 16.9. The van der Waals surface area contributed by atoms with Gasteiger partial charge < -0.3 is 4.52 Å². The van der Waals surface area contributed by atoms with Gasteiger partial charge in [0.25, 0.3) is 5.69 Å². The van der Waals surface area contributed by atoms with Crippen LogP contribution in [-0.2, 0) is 13.0 Å². The highest BCUT2D eigenvalue weighted by Gasteiger charge is 2.31.